The number of ether oxygens (including phenoxy) is 1. The molecule has 31 heavy (non-hydrogen) atoms. The van der Waals surface area contributed by atoms with Crippen LogP contribution < -0.4 is 20.7 Å². The fourth-order valence-electron chi connectivity index (χ4n) is 4.30. The second kappa shape index (κ2) is 7.51. The van der Waals surface area contributed by atoms with Gasteiger partial charge in [0.2, 0.25) is 11.9 Å². The number of nitrogen functional groups attached to an aromatic ring is 1. The van der Waals surface area contributed by atoms with Gasteiger partial charge in [0, 0.05) is 49.7 Å². The van der Waals surface area contributed by atoms with E-state index in [4.69, 9.17) is 25.6 Å². The van der Waals surface area contributed by atoms with Crippen LogP contribution in [0.2, 0.25) is 0 Å². The van der Waals surface area contributed by atoms with Crippen LogP contribution in [0.3, 0.4) is 0 Å². The summed E-state index contributed by atoms with van der Waals surface area (Å²) in [5.74, 6) is 1.65. The molecule has 12 nitrogen and oxygen atoms in total. The molecule has 0 saturated carbocycles. The lowest BCUT2D eigenvalue weighted by atomic mass is 10.1. The summed E-state index contributed by atoms with van der Waals surface area (Å²) in [7, 11) is -3.67. The van der Waals surface area contributed by atoms with Crippen LogP contribution in [0.1, 0.15) is 12.5 Å². The molecule has 5 rings (SSSR count). The molecule has 0 bridgehead atoms. The Balaban J connectivity index is 1.54. The summed E-state index contributed by atoms with van der Waals surface area (Å²) in [5.41, 5.74) is 8.23. The molecule has 2 aromatic heterocycles. The van der Waals surface area contributed by atoms with E-state index in [1.807, 2.05) is 0 Å². The summed E-state index contributed by atoms with van der Waals surface area (Å²) < 4.78 is 30.0. The van der Waals surface area contributed by atoms with E-state index in [2.05, 4.69) is 26.7 Å². The van der Waals surface area contributed by atoms with Crippen molar-refractivity contribution in [3.05, 3.63) is 18.0 Å². The Morgan fingerprint density at radius 1 is 1.13 bits per heavy atom. The summed E-state index contributed by atoms with van der Waals surface area (Å²) >= 11 is 0. The minimum absolute atomic E-state index is 0.0277. The molecule has 0 aliphatic carbocycles. The van der Waals surface area contributed by atoms with Gasteiger partial charge in [-0.1, -0.05) is 0 Å². The Hall–Kier alpha value is -2.61. The predicted molar refractivity (Wildman–Crippen MR) is 115 cm³/mol. The summed E-state index contributed by atoms with van der Waals surface area (Å²) in [6, 6.07) is 0.165. The van der Waals surface area contributed by atoms with Crippen molar-refractivity contribution >= 4 is 27.9 Å². The third-order valence-electron chi connectivity index (χ3n) is 6.05. The second-order valence-corrected chi connectivity index (χ2v) is 9.63. The quantitative estimate of drug-likeness (QED) is 0.595. The monoisotopic (exact) mass is 447 g/mol. The molecule has 3 aliphatic heterocycles. The number of hydrogen-bond acceptors (Lipinski definition) is 10. The first-order chi connectivity index (χ1) is 14.8. The van der Waals surface area contributed by atoms with Gasteiger partial charge in [-0.2, -0.15) is 17.7 Å². The third-order valence-corrected chi connectivity index (χ3v) is 7.07. The van der Waals surface area contributed by atoms with Crippen molar-refractivity contribution in [1.29, 1.82) is 0 Å². The Morgan fingerprint density at radius 2 is 1.87 bits per heavy atom. The van der Waals surface area contributed by atoms with Gasteiger partial charge in [0.1, 0.15) is 5.82 Å². The van der Waals surface area contributed by atoms with Gasteiger partial charge in [-0.25, -0.2) is 20.1 Å². The minimum Gasteiger partial charge on any atom is -0.377 e. The van der Waals surface area contributed by atoms with E-state index in [1.54, 1.807) is 12.4 Å². The van der Waals surface area contributed by atoms with Crippen LogP contribution >= 0.6 is 0 Å². The molecule has 0 radical (unpaired) electrons. The molecule has 5 heterocycles. The second-order valence-electron chi connectivity index (χ2n) is 8.08. The van der Waals surface area contributed by atoms with Crippen LogP contribution in [0.25, 0.3) is 11.3 Å². The molecule has 2 fully saturated rings. The molecule has 2 saturated heterocycles. The first-order valence-electron chi connectivity index (χ1n) is 10.2. The van der Waals surface area contributed by atoms with E-state index in [0.717, 1.165) is 35.6 Å². The fourth-order valence-corrected chi connectivity index (χ4v) is 5.06. The molecule has 13 heteroatoms. The van der Waals surface area contributed by atoms with Gasteiger partial charge in [0.15, 0.2) is 0 Å². The zero-order chi connectivity index (χ0) is 21.8. The molecule has 3 aliphatic rings. The SMILES string of the molecule is CC1COCCN1c1nc(-c2cnc(N)nc2)c2c(n1)N(C1CN(S(N)(=O)=O)C1)CC2. The van der Waals surface area contributed by atoms with E-state index in [1.165, 1.54) is 4.31 Å². The van der Waals surface area contributed by atoms with Crippen LogP contribution in [0.4, 0.5) is 17.7 Å². The van der Waals surface area contributed by atoms with Crippen molar-refractivity contribution in [1.82, 2.24) is 24.2 Å². The number of nitrogens with two attached hydrogens (primary N) is 2. The zero-order valence-electron chi connectivity index (χ0n) is 17.2. The predicted octanol–water partition coefficient (Wildman–Crippen LogP) is -1.01. The van der Waals surface area contributed by atoms with Crippen LogP contribution in [0.5, 0.6) is 0 Å². The first kappa shape index (κ1) is 20.3. The zero-order valence-corrected chi connectivity index (χ0v) is 18.0. The smallest absolute Gasteiger partial charge is 0.277 e. The van der Waals surface area contributed by atoms with E-state index < -0.39 is 10.2 Å². The number of fused-ring (bicyclic) bond motifs is 1. The average molecular weight is 448 g/mol. The van der Waals surface area contributed by atoms with Crippen LogP contribution in [0, 0.1) is 0 Å². The van der Waals surface area contributed by atoms with Crippen LogP contribution in [-0.2, 0) is 21.4 Å². The normalized spacial score (nSPS) is 22.5. The van der Waals surface area contributed by atoms with Gasteiger partial charge in [0.25, 0.3) is 10.2 Å². The maximum absolute atomic E-state index is 11.6. The summed E-state index contributed by atoms with van der Waals surface area (Å²) in [6.07, 6.45) is 4.10. The molecule has 0 aromatic carbocycles. The van der Waals surface area contributed by atoms with Crippen molar-refractivity contribution < 1.29 is 13.2 Å². The van der Waals surface area contributed by atoms with E-state index in [-0.39, 0.29) is 18.0 Å². The molecule has 0 amide bonds. The number of aromatic nitrogens is 4. The number of nitrogens with zero attached hydrogens (tertiary/aromatic N) is 7. The number of anilines is 3. The summed E-state index contributed by atoms with van der Waals surface area (Å²) in [4.78, 5) is 22.4. The van der Waals surface area contributed by atoms with E-state index in [0.29, 0.717) is 38.8 Å². The molecule has 2 aromatic rings. The maximum atomic E-state index is 11.6. The molecule has 4 N–H and O–H groups in total. The van der Waals surface area contributed by atoms with Crippen molar-refractivity contribution in [3.8, 4) is 11.3 Å². The Morgan fingerprint density at radius 3 is 2.55 bits per heavy atom. The third kappa shape index (κ3) is 3.67. The van der Waals surface area contributed by atoms with Crippen LogP contribution in [-0.4, -0.2) is 84.1 Å². The average Bonchev–Trinajstić information content (AvgIpc) is 3.10. The van der Waals surface area contributed by atoms with Crippen LogP contribution in [0.15, 0.2) is 12.4 Å². The maximum Gasteiger partial charge on any atom is 0.277 e. The Labute approximate surface area is 180 Å². The number of rotatable bonds is 4. The lowest BCUT2D eigenvalue weighted by Gasteiger charge is -2.43. The Kier molecular flexibility index (Phi) is 4.92. The largest absolute Gasteiger partial charge is 0.377 e. The lowest BCUT2D eigenvalue weighted by molar-refractivity contribution is 0.0981. The van der Waals surface area contributed by atoms with Gasteiger partial charge in [-0.15, -0.1) is 0 Å². The molecule has 166 valence electrons. The first-order valence-corrected chi connectivity index (χ1v) is 11.7. The molecular formula is C18H25N9O3S. The standard InChI is InChI=1S/C18H25N9O3S/c1-11-10-30-5-4-26(11)18-23-15(12-6-21-17(19)22-7-12)14-2-3-27(16(14)24-18)13-8-25(9-13)31(20,28)29/h6-7,11,13H,2-5,8-10H2,1H3,(H2,19,21,22)(H2,20,28,29). The highest BCUT2D eigenvalue weighted by molar-refractivity contribution is 7.86. The molecule has 0 spiro atoms. The lowest BCUT2D eigenvalue weighted by Crippen LogP contribution is -2.62. The molecule has 1 atom stereocenters. The highest BCUT2D eigenvalue weighted by Crippen LogP contribution is 2.38. The van der Waals surface area contributed by atoms with Gasteiger partial charge in [-0.3, -0.25) is 0 Å². The topological polar surface area (TPSA) is 157 Å². The highest BCUT2D eigenvalue weighted by Gasteiger charge is 2.41. The van der Waals surface area contributed by atoms with Gasteiger partial charge in [-0.05, 0) is 13.3 Å². The highest BCUT2D eigenvalue weighted by atomic mass is 32.2. The Bertz CT molecular complexity index is 1090. The van der Waals surface area contributed by atoms with Gasteiger partial charge >= 0.3 is 0 Å². The number of morpholine rings is 1. The molecular weight excluding hydrogens is 422 g/mol. The number of hydrogen-bond donors (Lipinski definition) is 2. The minimum atomic E-state index is -3.67. The van der Waals surface area contributed by atoms with Crippen molar-refractivity contribution in [2.45, 2.75) is 25.4 Å². The van der Waals surface area contributed by atoms with E-state index >= 15 is 0 Å². The summed E-state index contributed by atoms with van der Waals surface area (Å²) in [6.45, 7) is 5.43. The van der Waals surface area contributed by atoms with Crippen molar-refractivity contribution in [2.24, 2.45) is 5.14 Å². The molecule has 1 unspecified atom stereocenters. The van der Waals surface area contributed by atoms with E-state index in [9.17, 15) is 8.42 Å². The summed E-state index contributed by atoms with van der Waals surface area (Å²) in [5, 5.41) is 5.26. The van der Waals surface area contributed by atoms with Crippen molar-refractivity contribution in [3.63, 3.8) is 0 Å². The fraction of sp³-hybridized carbons (Fsp3) is 0.556. The van der Waals surface area contributed by atoms with Gasteiger partial charge in [0.05, 0.1) is 31.0 Å². The van der Waals surface area contributed by atoms with Crippen molar-refractivity contribution in [2.75, 3.05) is 54.9 Å². The van der Waals surface area contributed by atoms with Gasteiger partial charge < -0.3 is 20.3 Å².